The van der Waals surface area contributed by atoms with Gasteiger partial charge in [0, 0.05) is 32.9 Å². The standard InChI is InChI=1S/C54H37N3O/c1-54(2)46-26-13-12-22-43(46)44-25-14-24-42(50(44)54)39-30-38(34-16-6-3-7-17-34)31-40(32-39)53-56-51(36-20-10-5-11-21-36)55-52(57-53)37-28-29-45-48(33-37)58-47-27-15-23-41(49(45)47)35-18-8-4-9-19-35/h3-33H,1-2H3. The highest BCUT2D eigenvalue weighted by atomic mass is 16.3. The normalized spacial score (nSPS) is 12.8. The zero-order valence-electron chi connectivity index (χ0n) is 32.1. The maximum absolute atomic E-state index is 6.54. The number of furan rings is 1. The molecular formula is C54H37N3O. The lowest BCUT2D eigenvalue weighted by atomic mass is 9.78. The molecule has 0 amide bonds. The average molecular weight is 744 g/mol. The fraction of sp³-hybridized carbons (Fsp3) is 0.0556. The Bertz CT molecular complexity index is 3180. The first-order valence-electron chi connectivity index (χ1n) is 19.8. The number of rotatable bonds is 6. The number of nitrogens with zero attached hydrogens (tertiary/aromatic N) is 3. The van der Waals surface area contributed by atoms with E-state index >= 15 is 0 Å². The molecule has 274 valence electrons. The van der Waals surface area contributed by atoms with E-state index in [1.54, 1.807) is 0 Å². The highest BCUT2D eigenvalue weighted by Crippen LogP contribution is 2.52. The maximum atomic E-state index is 6.54. The molecule has 58 heavy (non-hydrogen) atoms. The number of hydrogen-bond acceptors (Lipinski definition) is 4. The van der Waals surface area contributed by atoms with Crippen LogP contribution in [0.25, 0.3) is 101 Å². The van der Waals surface area contributed by atoms with Crippen molar-refractivity contribution in [2.75, 3.05) is 0 Å². The van der Waals surface area contributed by atoms with Crippen LogP contribution in [0.2, 0.25) is 0 Å². The predicted octanol–water partition coefficient (Wildman–Crippen LogP) is 14.1. The van der Waals surface area contributed by atoms with Crippen molar-refractivity contribution in [1.82, 2.24) is 15.0 Å². The molecule has 0 bridgehead atoms. The molecule has 0 aliphatic heterocycles. The van der Waals surface area contributed by atoms with Gasteiger partial charge < -0.3 is 4.42 Å². The van der Waals surface area contributed by atoms with E-state index in [1.807, 2.05) is 30.3 Å². The minimum absolute atomic E-state index is 0.177. The SMILES string of the molecule is CC1(C)c2ccccc2-c2cccc(-c3cc(-c4ccccc4)cc(-c4nc(-c5ccccc5)nc(-c5ccc6c(c5)oc5cccc(-c7ccccc7)c56)n4)c3)c21. The lowest BCUT2D eigenvalue weighted by molar-refractivity contribution is 0.662. The van der Waals surface area contributed by atoms with Gasteiger partial charge in [0.1, 0.15) is 11.2 Å². The van der Waals surface area contributed by atoms with Crippen molar-refractivity contribution in [2.24, 2.45) is 0 Å². The molecule has 0 radical (unpaired) electrons. The Labute approximate surface area is 337 Å². The van der Waals surface area contributed by atoms with Crippen LogP contribution in [0.4, 0.5) is 0 Å². The Morgan fingerprint density at radius 2 is 0.914 bits per heavy atom. The van der Waals surface area contributed by atoms with E-state index in [0.717, 1.165) is 66.4 Å². The summed E-state index contributed by atoms with van der Waals surface area (Å²) in [6.45, 7) is 4.68. The molecule has 0 saturated heterocycles. The Balaban J connectivity index is 1.11. The van der Waals surface area contributed by atoms with Crippen molar-refractivity contribution in [3.8, 4) is 78.7 Å². The van der Waals surface area contributed by atoms with Crippen LogP contribution in [-0.2, 0) is 5.41 Å². The molecule has 0 saturated carbocycles. The third kappa shape index (κ3) is 5.56. The third-order valence-corrected chi connectivity index (χ3v) is 11.7. The van der Waals surface area contributed by atoms with Gasteiger partial charge in [-0.2, -0.15) is 0 Å². The first-order valence-corrected chi connectivity index (χ1v) is 19.8. The molecule has 1 aliphatic rings. The Kier molecular flexibility index (Phi) is 7.80. The zero-order chi connectivity index (χ0) is 38.8. The van der Waals surface area contributed by atoms with Crippen LogP contribution in [0.1, 0.15) is 25.0 Å². The molecule has 0 N–H and O–H groups in total. The molecule has 2 aromatic heterocycles. The monoisotopic (exact) mass is 743 g/mol. The lowest BCUT2D eigenvalue weighted by Crippen LogP contribution is -2.16. The summed E-state index contributed by atoms with van der Waals surface area (Å²) in [7, 11) is 0. The molecule has 11 rings (SSSR count). The fourth-order valence-electron chi connectivity index (χ4n) is 8.97. The first-order chi connectivity index (χ1) is 28.5. The topological polar surface area (TPSA) is 51.8 Å². The van der Waals surface area contributed by atoms with Gasteiger partial charge in [-0.1, -0.05) is 166 Å². The van der Waals surface area contributed by atoms with Crippen LogP contribution in [-0.4, -0.2) is 15.0 Å². The highest BCUT2D eigenvalue weighted by molar-refractivity contribution is 6.13. The van der Waals surface area contributed by atoms with Crippen LogP contribution >= 0.6 is 0 Å². The summed E-state index contributed by atoms with van der Waals surface area (Å²) < 4.78 is 6.54. The van der Waals surface area contributed by atoms with Crippen molar-refractivity contribution in [3.63, 3.8) is 0 Å². The molecule has 2 heterocycles. The molecular weight excluding hydrogens is 707 g/mol. The second-order valence-corrected chi connectivity index (χ2v) is 15.6. The minimum Gasteiger partial charge on any atom is -0.456 e. The minimum atomic E-state index is -0.177. The fourth-order valence-corrected chi connectivity index (χ4v) is 8.97. The lowest BCUT2D eigenvalue weighted by Gasteiger charge is -2.25. The average Bonchev–Trinajstić information content (AvgIpc) is 3.78. The second-order valence-electron chi connectivity index (χ2n) is 15.6. The van der Waals surface area contributed by atoms with Crippen LogP contribution in [0, 0.1) is 0 Å². The largest absolute Gasteiger partial charge is 0.456 e. The predicted molar refractivity (Wildman–Crippen MR) is 237 cm³/mol. The van der Waals surface area contributed by atoms with Gasteiger partial charge in [0.2, 0.25) is 0 Å². The van der Waals surface area contributed by atoms with Gasteiger partial charge in [0.05, 0.1) is 0 Å². The Hall–Kier alpha value is -7.43. The number of benzene rings is 8. The Morgan fingerprint density at radius 1 is 0.362 bits per heavy atom. The zero-order valence-corrected chi connectivity index (χ0v) is 32.1. The summed E-state index contributed by atoms with van der Waals surface area (Å²) >= 11 is 0. The summed E-state index contributed by atoms with van der Waals surface area (Å²) in [6, 6.07) is 66.1. The molecule has 0 atom stereocenters. The van der Waals surface area contributed by atoms with Gasteiger partial charge in [-0.05, 0) is 92.0 Å². The molecule has 1 aliphatic carbocycles. The summed E-state index contributed by atoms with van der Waals surface area (Å²) in [5.41, 5.74) is 16.3. The van der Waals surface area contributed by atoms with Gasteiger partial charge in [0.15, 0.2) is 17.5 Å². The van der Waals surface area contributed by atoms with Crippen LogP contribution < -0.4 is 0 Å². The molecule has 4 nitrogen and oxygen atoms in total. The van der Waals surface area contributed by atoms with Crippen molar-refractivity contribution in [1.29, 1.82) is 0 Å². The van der Waals surface area contributed by atoms with Gasteiger partial charge in [-0.25, -0.2) is 15.0 Å². The molecule has 0 unspecified atom stereocenters. The van der Waals surface area contributed by atoms with E-state index in [9.17, 15) is 0 Å². The van der Waals surface area contributed by atoms with Crippen molar-refractivity contribution in [2.45, 2.75) is 19.3 Å². The van der Waals surface area contributed by atoms with Crippen LogP contribution in [0.5, 0.6) is 0 Å². The van der Waals surface area contributed by atoms with Gasteiger partial charge in [-0.15, -0.1) is 0 Å². The van der Waals surface area contributed by atoms with Crippen molar-refractivity contribution < 1.29 is 4.42 Å². The van der Waals surface area contributed by atoms with E-state index in [-0.39, 0.29) is 5.41 Å². The summed E-state index contributed by atoms with van der Waals surface area (Å²) in [5, 5.41) is 2.15. The first kappa shape index (κ1) is 33.9. The van der Waals surface area contributed by atoms with Gasteiger partial charge >= 0.3 is 0 Å². The molecule has 4 heteroatoms. The Morgan fingerprint density at radius 3 is 1.67 bits per heavy atom. The van der Waals surface area contributed by atoms with Gasteiger partial charge in [0.25, 0.3) is 0 Å². The van der Waals surface area contributed by atoms with E-state index in [1.165, 1.54) is 27.8 Å². The number of aromatic nitrogens is 3. The number of fused-ring (bicyclic) bond motifs is 6. The van der Waals surface area contributed by atoms with Crippen LogP contribution in [0.3, 0.4) is 0 Å². The van der Waals surface area contributed by atoms with E-state index in [2.05, 4.69) is 172 Å². The molecule has 10 aromatic rings. The number of hydrogen-bond donors (Lipinski definition) is 0. The van der Waals surface area contributed by atoms with E-state index in [4.69, 9.17) is 19.4 Å². The van der Waals surface area contributed by atoms with E-state index < -0.39 is 0 Å². The highest BCUT2D eigenvalue weighted by Gasteiger charge is 2.37. The van der Waals surface area contributed by atoms with Crippen molar-refractivity contribution in [3.05, 3.63) is 199 Å². The molecule has 0 spiro atoms. The third-order valence-electron chi connectivity index (χ3n) is 11.7. The second kappa shape index (κ2) is 13.4. The smallest absolute Gasteiger partial charge is 0.164 e. The van der Waals surface area contributed by atoms with Gasteiger partial charge in [-0.3, -0.25) is 0 Å². The summed E-state index contributed by atoms with van der Waals surface area (Å²) in [6.07, 6.45) is 0. The quantitative estimate of drug-likeness (QED) is 0.170. The van der Waals surface area contributed by atoms with Crippen molar-refractivity contribution >= 4 is 21.9 Å². The molecule has 8 aromatic carbocycles. The molecule has 0 fully saturated rings. The van der Waals surface area contributed by atoms with Crippen LogP contribution in [0.15, 0.2) is 192 Å². The summed E-state index contributed by atoms with van der Waals surface area (Å²) in [4.78, 5) is 15.6. The van der Waals surface area contributed by atoms with E-state index in [0.29, 0.717) is 17.5 Å². The summed E-state index contributed by atoms with van der Waals surface area (Å²) in [5.74, 6) is 1.80. The maximum Gasteiger partial charge on any atom is 0.164 e.